The molecule has 0 spiro atoms. The molecule has 0 bridgehead atoms. The third-order valence-corrected chi connectivity index (χ3v) is 4.42. The molecular weight excluding hydrogens is 369 g/mol. The maximum Gasteiger partial charge on any atom is 0.180 e. The van der Waals surface area contributed by atoms with E-state index >= 15 is 0 Å². The topological polar surface area (TPSA) is 30.5 Å². The molecule has 1 N–H and O–H groups in total. The van der Waals surface area contributed by atoms with E-state index in [0.29, 0.717) is 35.8 Å². The summed E-state index contributed by atoms with van der Waals surface area (Å²) >= 11 is 6.48. The van der Waals surface area contributed by atoms with E-state index in [1.807, 2.05) is 19.1 Å². The molecule has 0 fully saturated rings. The van der Waals surface area contributed by atoms with Crippen LogP contribution in [0.2, 0.25) is 5.02 Å². The lowest BCUT2D eigenvalue weighted by Gasteiger charge is -2.17. The number of aryl methyl sites for hydroxylation is 1. The fraction of sp³-hybridized carbons (Fsp3) is 0.429. The van der Waals surface area contributed by atoms with E-state index in [4.69, 9.17) is 21.1 Å². The first-order valence-electron chi connectivity index (χ1n) is 8.90. The molecule has 0 heterocycles. The Morgan fingerprint density at radius 3 is 2.35 bits per heavy atom. The molecule has 3 nitrogen and oxygen atoms in total. The van der Waals surface area contributed by atoms with Gasteiger partial charge in [-0.15, -0.1) is 0 Å². The molecule has 0 aliphatic rings. The Labute approximate surface area is 168 Å². The Hall–Kier alpha value is -1.42. The fourth-order valence-corrected chi connectivity index (χ4v) is 2.69. The van der Waals surface area contributed by atoms with Crippen LogP contribution in [-0.4, -0.2) is 12.6 Å². The highest BCUT2D eigenvalue weighted by atomic mass is 35.5. The molecule has 2 aromatic carbocycles. The van der Waals surface area contributed by atoms with Crippen LogP contribution >= 0.6 is 11.6 Å². The predicted molar refractivity (Wildman–Crippen MR) is 105 cm³/mol. The van der Waals surface area contributed by atoms with Crippen LogP contribution in [0, 0.1) is 6.92 Å². The SMILES string of the molecule is CCOc1cc(CNC(C)CC)cc(Cl)c1OCc1ccc(C)cc1.[Cl-]. The lowest BCUT2D eigenvalue weighted by molar-refractivity contribution is -0.00000610. The smallest absolute Gasteiger partial charge is 0.180 e. The van der Waals surface area contributed by atoms with Crippen molar-refractivity contribution in [2.45, 2.75) is 53.3 Å². The predicted octanol–water partition coefficient (Wildman–Crippen LogP) is 2.52. The van der Waals surface area contributed by atoms with Gasteiger partial charge in [0.2, 0.25) is 0 Å². The van der Waals surface area contributed by atoms with Gasteiger partial charge in [-0.05, 0) is 50.5 Å². The maximum atomic E-state index is 6.48. The van der Waals surface area contributed by atoms with E-state index in [0.717, 1.165) is 24.1 Å². The van der Waals surface area contributed by atoms with Crippen molar-refractivity contribution >= 4 is 11.6 Å². The van der Waals surface area contributed by atoms with E-state index in [9.17, 15) is 0 Å². The van der Waals surface area contributed by atoms with E-state index in [1.54, 1.807) is 0 Å². The lowest BCUT2D eigenvalue weighted by atomic mass is 10.1. The summed E-state index contributed by atoms with van der Waals surface area (Å²) in [5.41, 5.74) is 3.43. The van der Waals surface area contributed by atoms with Gasteiger partial charge in [-0.25, -0.2) is 0 Å². The van der Waals surface area contributed by atoms with Crippen molar-refractivity contribution in [3.8, 4) is 11.5 Å². The fourth-order valence-electron chi connectivity index (χ4n) is 2.40. The highest BCUT2D eigenvalue weighted by Crippen LogP contribution is 2.37. The van der Waals surface area contributed by atoms with Crippen molar-refractivity contribution in [1.29, 1.82) is 0 Å². The maximum absolute atomic E-state index is 6.48. The summed E-state index contributed by atoms with van der Waals surface area (Å²) in [6.45, 7) is 10.2. The van der Waals surface area contributed by atoms with E-state index in [1.165, 1.54) is 5.56 Å². The largest absolute Gasteiger partial charge is 1.00 e. The molecular formula is C21H28Cl2NO2-. The van der Waals surface area contributed by atoms with E-state index in [2.05, 4.69) is 50.4 Å². The zero-order valence-corrected chi connectivity index (χ0v) is 17.5. The Morgan fingerprint density at radius 1 is 1.04 bits per heavy atom. The molecule has 0 amide bonds. The van der Waals surface area contributed by atoms with Crippen molar-refractivity contribution in [3.63, 3.8) is 0 Å². The van der Waals surface area contributed by atoms with E-state index in [-0.39, 0.29) is 12.4 Å². The summed E-state index contributed by atoms with van der Waals surface area (Å²) in [4.78, 5) is 0. The third-order valence-electron chi connectivity index (χ3n) is 4.14. The van der Waals surface area contributed by atoms with Gasteiger partial charge in [0.05, 0.1) is 11.6 Å². The van der Waals surface area contributed by atoms with E-state index < -0.39 is 0 Å². The Balaban J connectivity index is 0.00000338. The quantitative estimate of drug-likeness (QED) is 0.706. The molecule has 2 aromatic rings. The first-order chi connectivity index (χ1) is 12.0. The summed E-state index contributed by atoms with van der Waals surface area (Å²) in [5.74, 6) is 1.31. The van der Waals surface area contributed by atoms with Gasteiger partial charge in [-0.3, -0.25) is 0 Å². The Kier molecular flexibility index (Phi) is 9.85. The van der Waals surface area contributed by atoms with Gasteiger partial charge in [0.15, 0.2) is 11.5 Å². The first kappa shape index (κ1) is 22.6. The van der Waals surface area contributed by atoms with Crippen LogP contribution in [0.5, 0.6) is 11.5 Å². The number of rotatable bonds is 9. The van der Waals surface area contributed by atoms with Gasteiger partial charge < -0.3 is 27.2 Å². The minimum absolute atomic E-state index is 0. The molecule has 5 heteroatoms. The van der Waals surface area contributed by atoms with Gasteiger partial charge in [-0.1, -0.05) is 48.4 Å². The van der Waals surface area contributed by atoms with Crippen LogP contribution in [0.3, 0.4) is 0 Å². The van der Waals surface area contributed by atoms with Crippen LogP contribution in [0.4, 0.5) is 0 Å². The van der Waals surface area contributed by atoms with Crippen LogP contribution in [0.25, 0.3) is 0 Å². The lowest BCUT2D eigenvalue weighted by Crippen LogP contribution is -3.00. The number of ether oxygens (including phenoxy) is 2. The molecule has 1 unspecified atom stereocenters. The summed E-state index contributed by atoms with van der Waals surface area (Å²) in [6, 6.07) is 12.7. The average Bonchev–Trinajstić information content (AvgIpc) is 2.60. The first-order valence-corrected chi connectivity index (χ1v) is 9.28. The van der Waals surface area contributed by atoms with Crippen molar-refractivity contribution < 1.29 is 21.9 Å². The van der Waals surface area contributed by atoms with Crippen LogP contribution in [-0.2, 0) is 13.2 Å². The minimum Gasteiger partial charge on any atom is -1.00 e. The number of nitrogens with one attached hydrogen (secondary N) is 1. The Morgan fingerprint density at radius 2 is 1.73 bits per heavy atom. The molecule has 144 valence electrons. The molecule has 2 rings (SSSR count). The number of benzene rings is 2. The zero-order valence-electron chi connectivity index (χ0n) is 15.9. The van der Waals surface area contributed by atoms with Crippen molar-refractivity contribution in [3.05, 3.63) is 58.1 Å². The van der Waals surface area contributed by atoms with Gasteiger partial charge in [-0.2, -0.15) is 0 Å². The standard InChI is InChI=1S/C21H28ClNO2.ClH/c1-5-16(4)23-13-18-11-19(22)21(20(12-18)24-6-2)25-14-17-9-7-15(3)8-10-17;/h7-12,16,23H,5-6,13-14H2,1-4H3;1H/p-1. The third kappa shape index (κ3) is 6.71. The molecule has 0 saturated carbocycles. The zero-order chi connectivity index (χ0) is 18.2. The Bertz CT molecular complexity index is 674. The van der Waals surface area contributed by atoms with Gasteiger partial charge in [0.1, 0.15) is 6.61 Å². The summed E-state index contributed by atoms with van der Waals surface area (Å²) in [7, 11) is 0. The molecule has 0 saturated heterocycles. The van der Waals surface area contributed by atoms with Gasteiger partial charge >= 0.3 is 0 Å². The van der Waals surface area contributed by atoms with Crippen LogP contribution in [0.15, 0.2) is 36.4 Å². The monoisotopic (exact) mass is 396 g/mol. The van der Waals surface area contributed by atoms with Gasteiger partial charge in [0.25, 0.3) is 0 Å². The number of halogens is 2. The number of hydrogen-bond donors (Lipinski definition) is 1. The summed E-state index contributed by atoms with van der Waals surface area (Å²) < 4.78 is 11.7. The molecule has 0 radical (unpaired) electrons. The minimum atomic E-state index is 0. The van der Waals surface area contributed by atoms with Crippen molar-refractivity contribution in [2.75, 3.05) is 6.61 Å². The molecule has 26 heavy (non-hydrogen) atoms. The van der Waals surface area contributed by atoms with Gasteiger partial charge in [0, 0.05) is 12.6 Å². The summed E-state index contributed by atoms with van der Waals surface area (Å²) in [6.07, 6.45) is 1.09. The van der Waals surface area contributed by atoms with Crippen LogP contribution in [0.1, 0.15) is 43.9 Å². The highest BCUT2D eigenvalue weighted by molar-refractivity contribution is 6.32. The second kappa shape index (κ2) is 11.3. The average molecular weight is 397 g/mol. The van der Waals surface area contributed by atoms with Crippen molar-refractivity contribution in [2.24, 2.45) is 0 Å². The highest BCUT2D eigenvalue weighted by Gasteiger charge is 2.13. The second-order valence-corrected chi connectivity index (χ2v) is 6.71. The van der Waals surface area contributed by atoms with Crippen LogP contribution < -0.4 is 27.2 Å². The summed E-state index contributed by atoms with van der Waals surface area (Å²) in [5, 5.41) is 4.06. The number of hydrogen-bond acceptors (Lipinski definition) is 3. The molecule has 0 aliphatic heterocycles. The molecule has 0 aliphatic carbocycles. The normalized spacial score (nSPS) is 11.6. The molecule has 1 atom stereocenters. The van der Waals surface area contributed by atoms with Crippen molar-refractivity contribution in [1.82, 2.24) is 5.32 Å². The second-order valence-electron chi connectivity index (χ2n) is 6.30. The molecule has 0 aromatic heterocycles.